The second kappa shape index (κ2) is 10.7. The first-order valence-corrected chi connectivity index (χ1v) is 11.8. The van der Waals surface area contributed by atoms with Gasteiger partial charge in [0, 0.05) is 42.9 Å². The van der Waals surface area contributed by atoms with Gasteiger partial charge in [0.2, 0.25) is 0 Å². The summed E-state index contributed by atoms with van der Waals surface area (Å²) in [4.78, 5) is 38.0. The molecule has 2 aliphatic heterocycles. The highest BCUT2D eigenvalue weighted by molar-refractivity contribution is 5.89. The van der Waals surface area contributed by atoms with Crippen LogP contribution in [0.25, 0.3) is 11.4 Å². The lowest BCUT2D eigenvalue weighted by Crippen LogP contribution is -2.46. The van der Waals surface area contributed by atoms with Crippen molar-refractivity contribution in [3.63, 3.8) is 0 Å². The average Bonchev–Trinajstić information content (AvgIpc) is 2.84. The van der Waals surface area contributed by atoms with Gasteiger partial charge in [-0.1, -0.05) is 0 Å². The van der Waals surface area contributed by atoms with E-state index in [9.17, 15) is 9.59 Å². The van der Waals surface area contributed by atoms with Crippen LogP contribution >= 0.6 is 0 Å². The number of hydrogen-bond acceptors (Lipinski definition) is 7. The molecule has 1 fully saturated rings. The van der Waals surface area contributed by atoms with E-state index in [1.165, 1.54) is 0 Å². The molecule has 0 aliphatic carbocycles. The number of morpholine rings is 1. The van der Waals surface area contributed by atoms with Gasteiger partial charge in [0.25, 0.3) is 0 Å². The van der Waals surface area contributed by atoms with Crippen LogP contribution in [0.15, 0.2) is 24.3 Å². The van der Waals surface area contributed by atoms with E-state index in [0.29, 0.717) is 57.4 Å². The van der Waals surface area contributed by atoms with E-state index in [4.69, 9.17) is 19.4 Å². The lowest BCUT2D eigenvalue weighted by Gasteiger charge is -2.38. The molecule has 0 radical (unpaired) electrons. The topological polar surface area (TPSA) is 109 Å². The maximum absolute atomic E-state index is 12.4. The first-order valence-electron chi connectivity index (χ1n) is 11.8. The summed E-state index contributed by atoms with van der Waals surface area (Å²) in [5, 5.41) is 5.52. The van der Waals surface area contributed by atoms with E-state index in [1.54, 1.807) is 4.90 Å². The van der Waals surface area contributed by atoms with Gasteiger partial charge in [-0.25, -0.2) is 19.6 Å². The Bertz CT molecular complexity index is 1030. The van der Waals surface area contributed by atoms with Gasteiger partial charge in [0.1, 0.15) is 5.82 Å². The summed E-state index contributed by atoms with van der Waals surface area (Å²) >= 11 is 0. The van der Waals surface area contributed by atoms with Crippen molar-refractivity contribution in [3.05, 3.63) is 35.5 Å². The fourth-order valence-corrected chi connectivity index (χ4v) is 4.21. The summed E-state index contributed by atoms with van der Waals surface area (Å²) in [6.45, 7) is 9.63. The minimum atomic E-state index is -0.312. The van der Waals surface area contributed by atoms with E-state index >= 15 is 0 Å². The van der Waals surface area contributed by atoms with Gasteiger partial charge in [-0.15, -0.1) is 0 Å². The van der Waals surface area contributed by atoms with Crippen LogP contribution in [-0.4, -0.2) is 72.5 Å². The van der Waals surface area contributed by atoms with Gasteiger partial charge in [0.15, 0.2) is 5.82 Å². The van der Waals surface area contributed by atoms with Crippen molar-refractivity contribution in [2.24, 2.45) is 0 Å². The number of amides is 3. The molecule has 10 heteroatoms. The van der Waals surface area contributed by atoms with Crippen molar-refractivity contribution in [2.45, 2.75) is 39.8 Å². The number of benzene rings is 1. The van der Waals surface area contributed by atoms with Crippen molar-refractivity contribution in [2.75, 3.05) is 49.7 Å². The normalized spacial score (nSPS) is 17.7. The van der Waals surface area contributed by atoms with Crippen LogP contribution in [0.1, 0.15) is 32.0 Å². The maximum Gasteiger partial charge on any atom is 0.410 e. The Hall–Kier alpha value is -3.40. The SMILES string of the molecule is CCNC(=O)Nc1ccc(-c2nc3c(c(N4CCOCC4C)n2)CN(C(=O)OCC)CC3)cc1. The molecule has 182 valence electrons. The van der Waals surface area contributed by atoms with Gasteiger partial charge < -0.3 is 29.9 Å². The van der Waals surface area contributed by atoms with Crippen molar-refractivity contribution in [3.8, 4) is 11.4 Å². The predicted octanol–water partition coefficient (Wildman–Crippen LogP) is 3.02. The summed E-state index contributed by atoms with van der Waals surface area (Å²) in [6, 6.07) is 7.41. The highest BCUT2D eigenvalue weighted by atomic mass is 16.6. The number of carbonyl (C=O) groups is 2. The summed E-state index contributed by atoms with van der Waals surface area (Å²) in [6.07, 6.45) is 0.320. The maximum atomic E-state index is 12.4. The van der Waals surface area contributed by atoms with Crippen LogP contribution < -0.4 is 15.5 Å². The number of ether oxygens (including phenoxy) is 2. The van der Waals surface area contributed by atoms with Gasteiger partial charge >= 0.3 is 12.1 Å². The molecule has 1 saturated heterocycles. The Morgan fingerprint density at radius 3 is 2.68 bits per heavy atom. The Morgan fingerprint density at radius 2 is 1.97 bits per heavy atom. The Kier molecular flexibility index (Phi) is 7.46. The number of nitrogens with one attached hydrogen (secondary N) is 2. The van der Waals surface area contributed by atoms with Gasteiger partial charge in [-0.2, -0.15) is 0 Å². The summed E-state index contributed by atoms with van der Waals surface area (Å²) in [5.41, 5.74) is 3.47. The molecule has 1 atom stereocenters. The van der Waals surface area contributed by atoms with E-state index in [2.05, 4.69) is 22.5 Å². The second-order valence-electron chi connectivity index (χ2n) is 8.35. The number of anilines is 2. The van der Waals surface area contributed by atoms with Crippen LogP contribution in [0.4, 0.5) is 21.1 Å². The lowest BCUT2D eigenvalue weighted by molar-refractivity contribution is 0.0967. The quantitative estimate of drug-likeness (QED) is 0.694. The molecule has 2 N–H and O–H groups in total. The number of urea groups is 1. The van der Waals surface area contributed by atoms with E-state index in [-0.39, 0.29) is 18.2 Å². The Morgan fingerprint density at radius 1 is 1.18 bits per heavy atom. The van der Waals surface area contributed by atoms with Gasteiger partial charge in [-0.05, 0) is 45.0 Å². The number of aromatic nitrogens is 2. The van der Waals surface area contributed by atoms with Crippen molar-refractivity contribution < 1.29 is 19.1 Å². The van der Waals surface area contributed by atoms with E-state index in [1.807, 2.05) is 38.1 Å². The Balaban J connectivity index is 1.67. The average molecular weight is 469 g/mol. The molecule has 1 aromatic carbocycles. The molecule has 0 spiro atoms. The van der Waals surface area contributed by atoms with Crippen molar-refractivity contribution in [1.29, 1.82) is 0 Å². The summed E-state index contributed by atoms with van der Waals surface area (Å²) in [7, 11) is 0. The number of rotatable bonds is 5. The molecule has 2 aromatic rings. The molecule has 3 amide bonds. The third-order valence-electron chi connectivity index (χ3n) is 5.94. The zero-order valence-electron chi connectivity index (χ0n) is 20.0. The molecule has 10 nitrogen and oxygen atoms in total. The van der Waals surface area contributed by atoms with E-state index in [0.717, 1.165) is 29.2 Å². The zero-order valence-corrected chi connectivity index (χ0v) is 20.0. The molecule has 4 rings (SSSR count). The molecular formula is C24H32N6O4. The third kappa shape index (κ3) is 5.22. The lowest BCUT2D eigenvalue weighted by atomic mass is 10.0. The minimum absolute atomic E-state index is 0.155. The molecule has 0 bridgehead atoms. The van der Waals surface area contributed by atoms with Crippen molar-refractivity contribution >= 4 is 23.6 Å². The van der Waals surface area contributed by atoms with Crippen LogP contribution in [0.5, 0.6) is 0 Å². The first-order chi connectivity index (χ1) is 16.5. The summed E-state index contributed by atoms with van der Waals surface area (Å²) < 4.78 is 10.9. The third-order valence-corrected chi connectivity index (χ3v) is 5.94. The number of carbonyl (C=O) groups excluding carboxylic acids is 2. The van der Waals surface area contributed by atoms with Gasteiger partial charge in [0.05, 0.1) is 38.1 Å². The van der Waals surface area contributed by atoms with Crippen LogP contribution in [-0.2, 0) is 22.4 Å². The molecule has 1 unspecified atom stereocenters. The molecule has 34 heavy (non-hydrogen) atoms. The van der Waals surface area contributed by atoms with Crippen molar-refractivity contribution in [1.82, 2.24) is 20.2 Å². The zero-order chi connectivity index (χ0) is 24.1. The Labute approximate surface area is 199 Å². The van der Waals surface area contributed by atoms with Crippen LogP contribution in [0.3, 0.4) is 0 Å². The monoisotopic (exact) mass is 468 g/mol. The molecular weight excluding hydrogens is 436 g/mol. The number of fused-ring (bicyclic) bond motifs is 1. The summed E-state index contributed by atoms with van der Waals surface area (Å²) in [5.74, 6) is 1.47. The molecule has 2 aliphatic rings. The molecule has 0 saturated carbocycles. The number of nitrogens with zero attached hydrogens (tertiary/aromatic N) is 4. The van der Waals surface area contributed by atoms with Crippen LogP contribution in [0.2, 0.25) is 0 Å². The smallest absolute Gasteiger partial charge is 0.410 e. The highest BCUT2D eigenvalue weighted by Crippen LogP contribution is 2.32. The minimum Gasteiger partial charge on any atom is -0.450 e. The fraction of sp³-hybridized carbons (Fsp3) is 0.500. The predicted molar refractivity (Wildman–Crippen MR) is 129 cm³/mol. The fourth-order valence-electron chi connectivity index (χ4n) is 4.21. The number of hydrogen-bond donors (Lipinski definition) is 2. The largest absolute Gasteiger partial charge is 0.450 e. The molecule has 1 aromatic heterocycles. The van der Waals surface area contributed by atoms with E-state index < -0.39 is 0 Å². The van der Waals surface area contributed by atoms with Gasteiger partial charge in [-0.3, -0.25) is 0 Å². The molecule has 3 heterocycles. The van der Waals surface area contributed by atoms with Crippen LogP contribution in [0, 0.1) is 0 Å². The second-order valence-corrected chi connectivity index (χ2v) is 8.35. The highest BCUT2D eigenvalue weighted by Gasteiger charge is 2.31. The first kappa shape index (κ1) is 23.7. The standard InChI is InChI=1S/C24H32N6O4/c1-4-25-23(31)26-18-8-6-17(7-9-18)21-27-20-10-11-29(24(32)34-5-2)14-19(20)22(28-21)30-12-13-33-15-16(30)3/h6-9,16H,4-5,10-15H2,1-3H3,(H2,25,26,31).